The second kappa shape index (κ2) is 9.10. The highest BCUT2D eigenvalue weighted by Gasteiger charge is 2.25. The predicted octanol–water partition coefficient (Wildman–Crippen LogP) is 3.32. The van der Waals surface area contributed by atoms with Gasteiger partial charge in [-0.2, -0.15) is 5.10 Å². The van der Waals surface area contributed by atoms with Crippen molar-refractivity contribution >= 4 is 45.0 Å². The Labute approximate surface area is 212 Å². The number of para-hydroxylation sites is 2. The first kappa shape index (κ1) is 22.8. The minimum atomic E-state index is -0.320. The van der Waals surface area contributed by atoms with Gasteiger partial charge in [-0.05, 0) is 56.3 Å². The summed E-state index contributed by atoms with van der Waals surface area (Å²) in [6.07, 6.45) is 3.35. The number of fused-ring (bicyclic) bond motifs is 2. The Morgan fingerprint density at radius 1 is 1.14 bits per heavy atom. The molecule has 4 heterocycles. The van der Waals surface area contributed by atoms with E-state index in [1.807, 2.05) is 22.9 Å². The molecule has 11 heteroatoms. The lowest BCUT2D eigenvalue weighted by molar-refractivity contribution is 0.102. The number of nitrogen functional groups attached to an aromatic ring is 2. The molecule has 0 aliphatic carbocycles. The van der Waals surface area contributed by atoms with Crippen molar-refractivity contribution in [2.75, 3.05) is 37.0 Å². The van der Waals surface area contributed by atoms with E-state index >= 15 is 0 Å². The topological polar surface area (TPSA) is 162 Å². The second-order valence-corrected chi connectivity index (χ2v) is 9.06. The molecule has 3 aromatic heterocycles. The Kier molecular flexibility index (Phi) is 5.61. The number of anilines is 3. The summed E-state index contributed by atoms with van der Waals surface area (Å²) in [5.74, 6) is 0.603. The van der Waals surface area contributed by atoms with Crippen molar-refractivity contribution in [3.8, 4) is 17.0 Å². The van der Waals surface area contributed by atoms with Gasteiger partial charge in [0, 0.05) is 10.9 Å². The number of rotatable bonds is 5. The van der Waals surface area contributed by atoms with Crippen LogP contribution in [0.15, 0.2) is 48.8 Å². The van der Waals surface area contributed by atoms with E-state index in [9.17, 15) is 4.79 Å². The lowest BCUT2D eigenvalue weighted by Crippen LogP contribution is -2.30. The summed E-state index contributed by atoms with van der Waals surface area (Å²) in [6.45, 7) is 1.83. The molecule has 1 fully saturated rings. The van der Waals surface area contributed by atoms with Crippen LogP contribution in [0.1, 0.15) is 29.4 Å². The molecule has 0 spiro atoms. The zero-order chi connectivity index (χ0) is 25.5. The molecule has 7 N–H and O–H groups in total. The van der Waals surface area contributed by atoms with Gasteiger partial charge in [-0.1, -0.05) is 12.1 Å². The maximum absolute atomic E-state index is 13.2. The van der Waals surface area contributed by atoms with Gasteiger partial charge in [-0.25, -0.2) is 14.6 Å². The van der Waals surface area contributed by atoms with Gasteiger partial charge in [-0.15, -0.1) is 0 Å². The molecule has 11 nitrogen and oxygen atoms in total. The standard InChI is InChI=1S/C26H27N9O2/c1-37-20-5-3-2-4-18(20)33-26(36)19-12-16-15(6-7-17(27)22(16)32-19)23-21-24(28)30-13-31-25(21)35(34-23)14-8-10-29-11-9-14/h2-7,12-14,29,32H,8-11,27H2,1H3,(H,33,36)(H2,28,30,31). The molecule has 5 aromatic rings. The van der Waals surface area contributed by atoms with Gasteiger partial charge >= 0.3 is 0 Å². The normalized spacial score (nSPS) is 14.3. The summed E-state index contributed by atoms with van der Waals surface area (Å²) in [7, 11) is 1.56. The number of aromatic amines is 1. The molecule has 1 amide bonds. The van der Waals surface area contributed by atoms with E-state index in [4.69, 9.17) is 21.3 Å². The van der Waals surface area contributed by atoms with Crippen molar-refractivity contribution in [1.29, 1.82) is 0 Å². The van der Waals surface area contributed by atoms with Gasteiger partial charge in [0.1, 0.15) is 29.3 Å². The number of methoxy groups -OCH3 is 1. The highest BCUT2D eigenvalue weighted by molar-refractivity contribution is 6.12. The quantitative estimate of drug-likeness (QED) is 0.231. The molecule has 1 aliphatic heterocycles. The van der Waals surface area contributed by atoms with Crippen molar-refractivity contribution in [3.05, 3.63) is 54.5 Å². The fourth-order valence-electron chi connectivity index (χ4n) is 5.00. The number of carbonyl (C=O) groups excluding carboxylic acids is 1. The van der Waals surface area contributed by atoms with Gasteiger partial charge < -0.3 is 31.8 Å². The van der Waals surface area contributed by atoms with Crippen LogP contribution in [0, 0.1) is 0 Å². The Morgan fingerprint density at radius 3 is 2.76 bits per heavy atom. The van der Waals surface area contributed by atoms with Crippen molar-refractivity contribution < 1.29 is 9.53 Å². The fourth-order valence-corrected chi connectivity index (χ4v) is 5.00. The molecular weight excluding hydrogens is 470 g/mol. The van der Waals surface area contributed by atoms with Crippen molar-refractivity contribution in [3.63, 3.8) is 0 Å². The molecular formula is C26H27N9O2. The summed E-state index contributed by atoms with van der Waals surface area (Å²) in [6, 6.07) is 12.9. The fraction of sp³-hybridized carbons (Fsp3) is 0.231. The number of H-pyrrole nitrogens is 1. The molecule has 0 unspecified atom stereocenters. The molecule has 2 aromatic carbocycles. The molecule has 1 saturated heterocycles. The highest BCUT2D eigenvalue weighted by Crippen LogP contribution is 2.38. The minimum absolute atomic E-state index is 0.199. The smallest absolute Gasteiger partial charge is 0.272 e. The van der Waals surface area contributed by atoms with E-state index in [1.54, 1.807) is 31.4 Å². The van der Waals surface area contributed by atoms with E-state index < -0.39 is 0 Å². The Hall–Kier alpha value is -4.64. The zero-order valence-electron chi connectivity index (χ0n) is 20.3. The average Bonchev–Trinajstić information content (AvgIpc) is 3.54. The molecule has 0 atom stereocenters. The van der Waals surface area contributed by atoms with Gasteiger partial charge in [0.15, 0.2) is 5.65 Å². The number of nitrogens with zero attached hydrogens (tertiary/aromatic N) is 4. The van der Waals surface area contributed by atoms with Crippen LogP contribution in [0.25, 0.3) is 33.2 Å². The van der Waals surface area contributed by atoms with Gasteiger partial charge in [-0.3, -0.25) is 4.79 Å². The number of aromatic nitrogens is 5. The second-order valence-electron chi connectivity index (χ2n) is 9.06. The molecule has 37 heavy (non-hydrogen) atoms. The summed E-state index contributed by atoms with van der Waals surface area (Å²) in [5, 5.41) is 12.7. The predicted molar refractivity (Wildman–Crippen MR) is 144 cm³/mol. The van der Waals surface area contributed by atoms with Crippen LogP contribution in [-0.4, -0.2) is 50.8 Å². The number of ether oxygens (including phenoxy) is 1. The summed E-state index contributed by atoms with van der Waals surface area (Å²) < 4.78 is 7.32. The van der Waals surface area contributed by atoms with E-state index in [0.717, 1.165) is 36.9 Å². The molecule has 6 rings (SSSR count). The number of nitrogens with two attached hydrogens (primary N) is 2. The van der Waals surface area contributed by atoms with Gasteiger partial charge in [0.25, 0.3) is 5.91 Å². The highest BCUT2D eigenvalue weighted by atomic mass is 16.5. The van der Waals surface area contributed by atoms with Crippen LogP contribution >= 0.6 is 0 Å². The van der Waals surface area contributed by atoms with Crippen molar-refractivity contribution in [1.82, 2.24) is 30.0 Å². The van der Waals surface area contributed by atoms with E-state index in [2.05, 4.69) is 25.6 Å². The lowest BCUT2D eigenvalue weighted by atomic mass is 10.0. The minimum Gasteiger partial charge on any atom is -0.495 e. The van der Waals surface area contributed by atoms with Crippen molar-refractivity contribution in [2.24, 2.45) is 0 Å². The SMILES string of the molecule is COc1ccccc1NC(=O)c1cc2c(-c3nn(C4CCNCC4)c4ncnc(N)c34)ccc(N)c2[nH]1. The van der Waals surface area contributed by atoms with Crippen LogP contribution in [0.2, 0.25) is 0 Å². The van der Waals surface area contributed by atoms with Gasteiger partial charge in [0.05, 0.1) is 35.4 Å². The van der Waals surface area contributed by atoms with E-state index in [0.29, 0.717) is 50.9 Å². The zero-order valence-corrected chi connectivity index (χ0v) is 20.3. The number of piperidine rings is 1. The summed E-state index contributed by atoms with van der Waals surface area (Å²) in [4.78, 5) is 25.1. The van der Waals surface area contributed by atoms with Crippen LogP contribution < -0.4 is 26.8 Å². The number of carbonyl (C=O) groups is 1. The monoisotopic (exact) mass is 497 g/mol. The molecule has 0 bridgehead atoms. The number of nitrogens with one attached hydrogen (secondary N) is 3. The Balaban J connectivity index is 1.47. The van der Waals surface area contributed by atoms with E-state index in [-0.39, 0.29) is 11.9 Å². The number of benzene rings is 2. The molecule has 0 saturated carbocycles. The Bertz CT molecular complexity index is 1630. The third kappa shape index (κ3) is 3.89. The van der Waals surface area contributed by atoms with Crippen molar-refractivity contribution in [2.45, 2.75) is 18.9 Å². The Morgan fingerprint density at radius 2 is 1.95 bits per heavy atom. The number of hydrogen-bond donors (Lipinski definition) is 5. The average molecular weight is 498 g/mol. The summed E-state index contributed by atoms with van der Waals surface area (Å²) in [5.41, 5.74) is 16.9. The third-order valence-electron chi connectivity index (χ3n) is 6.85. The first-order chi connectivity index (χ1) is 18.0. The maximum atomic E-state index is 13.2. The molecule has 1 aliphatic rings. The first-order valence-electron chi connectivity index (χ1n) is 12.1. The number of amides is 1. The molecule has 188 valence electrons. The number of hydrogen-bond acceptors (Lipinski definition) is 8. The van der Waals surface area contributed by atoms with Crippen LogP contribution in [0.3, 0.4) is 0 Å². The van der Waals surface area contributed by atoms with Gasteiger partial charge in [0.2, 0.25) is 0 Å². The largest absolute Gasteiger partial charge is 0.495 e. The molecule has 0 radical (unpaired) electrons. The maximum Gasteiger partial charge on any atom is 0.272 e. The first-order valence-corrected chi connectivity index (χ1v) is 12.1. The van der Waals surface area contributed by atoms with E-state index in [1.165, 1.54) is 6.33 Å². The summed E-state index contributed by atoms with van der Waals surface area (Å²) >= 11 is 0. The van der Waals surface area contributed by atoms with Crippen LogP contribution in [0.4, 0.5) is 17.2 Å². The third-order valence-corrected chi connectivity index (χ3v) is 6.85. The van der Waals surface area contributed by atoms with Crippen LogP contribution in [-0.2, 0) is 0 Å². The lowest BCUT2D eigenvalue weighted by Gasteiger charge is -2.23. The van der Waals surface area contributed by atoms with Crippen LogP contribution in [0.5, 0.6) is 5.75 Å².